The molecule has 0 aliphatic heterocycles. The van der Waals surface area contributed by atoms with E-state index in [-0.39, 0.29) is 6.61 Å². The zero-order chi connectivity index (χ0) is 11.5. The van der Waals surface area contributed by atoms with Crippen molar-refractivity contribution in [2.24, 2.45) is 7.05 Å². The minimum atomic E-state index is -0.133. The molecular formula is C8H12N6OS. The lowest BCUT2D eigenvalue weighted by molar-refractivity contribution is 0.264. The van der Waals surface area contributed by atoms with Crippen LogP contribution in [0.3, 0.4) is 0 Å². The van der Waals surface area contributed by atoms with Gasteiger partial charge in [-0.3, -0.25) is 5.10 Å². The molecule has 0 bridgehead atoms. The molecule has 0 aromatic carbocycles. The van der Waals surface area contributed by atoms with Crippen LogP contribution in [0, 0.1) is 4.77 Å². The van der Waals surface area contributed by atoms with Gasteiger partial charge in [0.15, 0.2) is 10.6 Å². The molecule has 2 aromatic heterocycles. The van der Waals surface area contributed by atoms with Crippen molar-refractivity contribution in [2.45, 2.75) is 19.6 Å². The molecule has 0 saturated carbocycles. The molecule has 0 aliphatic carbocycles. The van der Waals surface area contributed by atoms with Crippen LogP contribution in [0.4, 0.5) is 0 Å². The lowest BCUT2D eigenvalue weighted by Crippen LogP contribution is -2.09. The number of aliphatic hydroxyl groups excluding tert-OH is 1. The van der Waals surface area contributed by atoms with Gasteiger partial charge in [0.25, 0.3) is 0 Å². The van der Waals surface area contributed by atoms with E-state index in [0.29, 0.717) is 23.6 Å². The summed E-state index contributed by atoms with van der Waals surface area (Å²) in [7, 11) is 1.89. The van der Waals surface area contributed by atoms with Gasteiger partial charge in [-0.25, -0.2) is 0 Å². The van der Waals surface area contributed by atoms with E-state index in [1.165, 1.54) is 0 Å². The van der Waals surface area contributed by atoms with Gasteiger partial charge in [0, 0.05) is 20.0 Å². The quantitative estimate of drug-likeness (QED) is 0.723. The molecule has 7 nitrogen and oxygen atoms in total. The number of aryl methyl sites for hydroxylation is 2. The second-order valence-electron chi connectivity index (χ2n) is 3.36. The molecule has 2 rings (SSSR count). The number of aromatic nitrogens is 6. The monoisotopic (exact) mass is 240 g/mol. The first-order valence-electron chi connectivity index (χ1n) is 4.80. The number of nitrogens with zero attached hydrogens (tertiary/aromatic N) is 5. The summed E-state index contributed by atoms with van der Waals surface area (Å²) in [5.74, 6) is 1.40. The highest BCUT2D eigenvalue weighted by molar-refractivity contribution is 7.71. The predicted molar refractivity (Wildman–Crippen MR) is 58.0 cm³/mol. The first-order valence-corrected chi connectivity index (χ1v) is 5.21. The van der Waals surface area contributed by atoms with Crippen LogP contribution in [0.15, 0.2) is 6.33 Å². The van der Waals surface area contributed by atoms with Crippen LogP contribution < -0.4 is 0 Å². The molecule has 0 aliphatic rings. The second kappa shape index (κ2) is 4.54. The molecule has 16 heavy (non-hydrogen) atoms. The van der Waals surface area contributed by atoms with Gasteiger partial charge in [-0.15, -0.1) is 10.2 Å². The van der Waals surface area contributed by atoms with Gasteiger partial charge in [-0.2, -0.15) is 5.10 Å². The van der Waals surface area contributed by atoms with Crippen molar-refractivity contribution < 1.29 is 5.11 Å². The number of aliphatic hydroxyl groups is 1. The fraction of sp³-hybridized carbons (Fsp3) is 0.500. The van der Waals surface area contributed by atoms with Crippen LogP contribution in [0.2, 0.25) is 0 Å². The molecule has 0 radical (unpaired) electrons. The topological polar surface area (TPSA) is 84.6 Å². The third kappa shape index (κ3) is 2.02. The van der Waals surface area contributed by atoms with Gasteiger partial charge in [0.2, 0.25) is 0 Å². The van der Waals surface area contributed by atoms with E-state index in [9.17, 15) is 0 Å². The van der Waals surface area contributed by atoms with Crippen LogP contribution in [0.5, 0.6) is 0 Å². The summed E-state index contributed by atoms with van der Waals surface area (Å²) >= 11 is 5.06. The van der Waals surface area contributed by atoms with Gasteiger partial charge in [-0.05, 0) is 12.2 Å². The third-order valence-electron chi connectivity index (χ3n) is 2.34. The molecule has 0 fully saturated rings. The van der Waals surface area contributed by atoms with E-state index >= 15 is 0 Å². The largest absolute Gasteiger partial charge is 0.388 e. The first kappa shape index (κ1) is 11.0. The minimum Gasteiger partial charge on any atom is -0.388 e. The first-order chi connectivity index (χ1) is 7.72. The number of aromatic amines is 1. The van der Waals surface area contributed by atoms with Crippen LogP contribution in [0.1, 0.15) is 11.6 Å². The van der Waals surface area contributed by atoms with Gasteiger partial charge in [0.05, 0.1) is 0 Å². The zero-order valence-corrected chi connectivity index (χ0v) is 9.61. The van der Waals surface area contributed by atoms with E-state index < -0.39 is 0 Å². The molecule has 0 unspecified atom stereocenters. The van der Waals surface area contributed by atoms with E-state index in [0.717, 1.165) is 5.82 Å². The van der Waals surface area contributed by atoms with Gasteiger partial charge < -0.3 is 14.2 Å². The van der Waals surface area contributed by atoms with Gasteiger partial charge in [0.1, 0.15) is 18.8 Å². The maximum Gasteiger partial charge on any atom is 0.195 e. The number of rotatable bonds is 4. The number of H-pyrrole nitrogens is 1. The molecule has 0 spiro atoms. The van der Waals surface area contributed by atoms with E-state index in [1.807, 2.05) is 11.6 Å². The normalized spacial score (nSPS) is 10.9. The van der Waals surface area contributed by atoms with Crippen molar-refractivity contribution in [1.82, 2.24) is 29.5 Å². The standard InChI is InChI=1S/C8H12N6OS/c1-13-5-9-10-6(13)2-3-14-7(4-15)11-12-8(14)16/h5,15H,2-4H2,1H3,(H,12,16). The number of hydrogen-bond donors (Lipinski definition) is 2. The highest BCUT2D eigenvalue weighted by Crippen LogP contribution is 2.01. The molecule has 2 heterocycles. The van der Waals surface area contributed by atoms with Crippen molar-refractivity contribution in [3.05, 3.63) is 22.7 Å². The van der Waals surface area contributed by atoms with Crippen molar-refractivity contribution >= 4 is 12.2 Å². The van der Waals surface area contributed by atoms with Crippen molar-refractivity contribution in [3.63, 3.8) is 0 Å². The van der Waals surface area contributed by atoms with Crippen molar-refractivity contribution in [1.29, 1.82) is 0 Å². The van der Waals surface area contributed by atoms with E-state index in [1.54, 1.807) is 10.9 Å². The Labute approximate surface area is 96.8 Å². The zero-order valence-electron chi connectivity index (χ0n) is 8.79. The maximum atomic E-state index is 9.06. The maximum absolute atomic E-state index is 9.06. The minimum absolute atomic E-state index is 0.133. The number of nitrogens with one attached hydrogen (secondary N) is 1. The summed E-state index contributed by atoms with van der Waals surface area (Å²) < 4.78 is 4.11. The molecule has 2 aromatic rings. The fourth-order valence-corrected chi connectivity index (χ4v) is 1.69. The Bertz CT molecular complexity index is 527. The summed E-state index contributed by atoms with van der Waals surface area (Å²) in [6, 6.07) is 0. The van der Waals surface area contributed by atoms with E-state index in [2.05, 4.69) is 20.4 Å². The molecule has 86 valence electrons. The van der Waals surface area contributed by atoms with Crippen LogP contribution in [-0.4, -0.2) is 34.6 Å². The van der Waals surface area contributed by atoms with Crippen molar-refractivity contribution in [2.75, 3.05) is 0 Å². The Morgan fingerprint density at radius 1 is 1.50 bits per heavy atom. The Balaban J connectivity index is 2.13. The molecule has 0 atom stereocenters. The van der Waals surface area contributed by atoms with E-state index in [4.69, 9.17) is 17.3 Å². The van der Waals surface area contributed by atoms with Crippen LogP contribution in [-0.2, 0) is 26.6 Å². The third-order valence-corrected chi connectivity index (χ3v) is 2.65. The molecule has 2 N–H and O–H groups in total. The SMILES string of the molecule is Cn1cnnc1CCn1c(CO)n[nH]c1=S. The smallest absolute Gasteiger partial charge is 0.195 e. The summed E-state index contributed by atoms with van der Waals surface area (Å²) in [5, 5.41) is 23.4. The average Bonchev–Trinajstić information content (AvgIpc) is 2.82. The fourth-order valence-electron chi connectivity index (χ4n) is 1.45. The summed E-state index contributed by atoms with van der Waals surface area (Å²) in [5.41, 5.74) is 0. The lowest BCUT2D eigenvalue weighted by Gasteiger charge is -2.04. The Kier molecular flexibility index (Phi) is 3.11. The molecule has 0 saturated heterocycles. The predicted octanol–water partition coefficient (Wildman–Crippen LogP) is -0.196. The summed E-state index contributed by atoms with van der Waals surface area (Å²) in [6.45, 7) is 0.490. The highest BCUT2D eigenvalue weighted by atomic mass is 32.1. The Hall–Kier alpha value is -1.54. The Morgan fingerprint density at radius 2 is 2.31 bits per heavy atom. The molecular weight excluding hydrogens is 228 g/mol. The lowest BCUT2D eigenvalue weighted by atomic mass is 10.4. The van der Waals surface area contributed by atoms with Crippen LogP contribution in [0.25, 0.3) is 0 Å². The molecule has 8 heteroatoms. The molecule has 0 amide bonds. The van der Waals surface area contributed by atoms with Crippen LogP contribution >= 0.6 is 12.2 Å². The summed E-state index contributed by atoms with van der Waals surface area (Å²) in [4.78, 5) is 0. The second-order valence-corrected chi connectivity index (χ2v) is 3.75. The summed E-state index contributed by atoms with van der Waals surface area (Å²) in [6.07, 6.45) is 2.34. The van der Waals surface area contributed by atoms with Gasteiger partial charge >= 0.3 is 0 Å². The Morgan fingerprint density at radius 3 is 2.94 bits per heavy atom. The van der Waals surface area contributed by atoms with Gasteiger partial charge in [-0.1, -0.05) is 0 Å². The highest BCUT2D eigenvalue weighted by Gasteiger charge is 2.06. The average molecular weight is 240 g/mol. The number of hydrogen-bond acceptors (Lipinski definition) is 5. The van der Waals surface area contributed by atoms with Crippen molar-refractivity contribution in [3.8, 4) is 0 Å².